The maximum Gasteiger partial charge on any atom is 0.261 e. The second-order valence-electron chi connectivity index (χ2n) is 3.68. The molecule has 0 amide bonds. The highest BCUT2D eigenvalue weighted by Gasteiger charge is 2.14. The van der Waals surface area contributed by atoms with Crippen LogP contribution in [-0.2, 0) is 0 Å². The van der Waals surface area contributed by atoms with E-state index in [2.05, 4.69) is 10.1 Å². The summed E-state index contributed by atoms with van der Waals surface area (Å²) >= 11 is 0. The number of para-hydroxylation sites is 1. The fourth-order valence-electron chi connectivity index (χ4n) is 1.45. The lowest BCUT2D eigenvalue weighted by molar-refractivity contribution is 0.339. The molecule has 1 atom stereocenters. The Balaban J connectivity index is 2.38. The molecule has 2 rings (SSSR count). The Morgan fingerprint density at radius 2 is 2.18 bits per heavy atom. The Labute approximate surface area is 99.6 Å². The number of rotatable bonds is 4. The van der Waals surface area contributed by atoms with Crippen LogP contribution < -0.4 is 10.5 Å². The molecule has 2 N–H and O–H groups in total. The van der Waals surface area contributed by atoms with Crippen LogP contribution in [0.2, 0.25) is 0 Å². The zero-order chi connectivity index (χ0) is 12.3. The molecule has 0 saturated carbocycles. The molecule has 5 nitrogen and oxygen atoms in total. The maximum atomic E-state index is 5.69. The Hall–Kier alpha value is -1.88. The summed E-state index contributed by atoms with van der Waals surface area (Å²) in [6.45, 7) is 4.33. The van der Waals surface area contributed by atoms with Gasteiger partial charge in [-0.2, -0.15) is 4.98 Å². The van der Waals surface area contributed by atoms with Crippen molar-refractivity contribution in [1.29, 1.82) is 0 Å². The first-order valence-corrected chi connectivity index (χ1v) is 5.53. The first-order valence-electron chi connectivity index (χ1n) is 5.53. The molecule has 0 bridgehead atoms. The van der Waals surface area contributed by atoms with Gasteiger partial charge in [-0.25, -0.2) is 0 Å². The van der Waals surface area contributed by atoms with Crippen LogP contribution in [0.15, 0.2) is 28.8 Å². The smallest absolute Gasteiger partial charge is 0.261 e. The second-order valence-corrected chi connectivity index (χ2v) is 3.68. The van der Waals surface area contributed by atoms with Gasteiger partial charge in [0.1, 0.15) is 5.75 Å². The molecular weight excluding hydrogens is 218 g/mol. The molecule has 1 unspecified atom stereocenters. The van der Waals surface area contributed by atoms with Gasteiger partial charge in [-0.15, -0.1) is 0 Å². The number of nitrogens with two attached hydrogens (primary N) is 1. The first kappa shape index (κ1) is 11.6. The third-order valence-electron chi connectivity index (χ3n) is 2.27. The SMILES string of the molecule is CCOc1ccccc1-c1nc(C(C)N)no1. The van der Waals surface area contributed by atoms with Crippen LogP contribution in [0, 0.1) is 0 Å². The standard InChI is InChI=1S/C12H15N3O2/c1-3-16-10-7-5-4-6-9(10)12-14-11(8(2)13)15-17-12/h4-8H,3,13H2,1-2H3. The van der Waals surface area contributed by atoms with Crippen LogP contribution in [0.25, 0.3) is 11.5 Å². The molecule has 1 aromatic carbocycles. The summed E-state index contributed by atoms with van der Waals surface area (Å²) in [5.74, 6) is 1.66. The topological polar surface area (TPSA) is 74.2 Å². The summed E-state index contributed by atoms with van der Waals surface area (Å²) in [5.41, 5.74) is 6.47. The van der Waals surface area contributed by atoms with E-state index < -0.39 is 0 Å². The number of benzene rings is 1. The maximum absolute atomic E-state index is 5.69. The predicted molar refractivity (Wildman–Crippen MR) is 63.5 cm³/mol. The zero-order valence-corrected chi connectivity index (χ0v) is 9.88. The third-order valence-corrected chi connectivity index (χ3v) is 2.27. The summed E-state index contributed by atoms with van der Waals surface area (Å²) in [5, 5.41) is 3.83. The fraction of sp³-hybridized carbons (Fsp3) is 0.333. The molecule has 0 aliphatic carbocycles. The Kier molecular flexibility index (Phi) is 3.39. The van der Waals surface area contributed by atoms with Crippen LogP contribution in [-0.4, -0.2) is 16.7 Å². The summed E-state index contributed by atoms with van der Waals surface area (Å²) in [6.07, 6.45) is 0. The van der Waals surface area contributed by atoms with Crippen molar-refractivity contribution < 1.29 is 9.26 Å². The van der Waals surface area contributed by atoms with E-state index in [4.69, 9.17) is 15.0 Å². The van der Waals surface area contributed by atoms with Gasteiger partial charge in [0.25, 0.3) is 5.89 Å². The fourth-order valence-corrected chi connectivity index (χ4v) is 1.45. The van der Waals surface area contributed by atoms with Crippen LogP contribution in [0.4, 0.5) is 0 Å². The Bertz CT molecular complexity index is 494. The van der Waals surface area contributed by atoms with Gasteiger partial charge in [-0.1, -0.05) is 17.3 Å². The van der Waals surface area contributed by atoms with Crippen molar-refractivity contribution in [1.82, 2.24) is 10.1 Å². The lowest BCUT2D eigenvalue weighted by Gasteiger charge is -2.05. The van der Waals surface area contributed by atoms with Crippen molar-refractivity contribution in [3.8, 4) is 17.2 Å². The van der Waals surface area contributed by atoms with Gasteiger partial charge in [0.15, 0.2) is 5.82 Å². The van der Waals surface area contributed by atoms with E-state index in [1.165, 1.54) is 0 Å². The van der Waals surface area contributed by atoms with Gasteiger partial charge < -0.3 is 15.0 Å². The molecule has 1 heterocycles. The molecule has 0 aliphatic rings. The molecule has 0 spiro atoms. The number of hydrogen-bond donors (Lipinski definition) is 1. The van der Waals surface area contributed by atoms with Crippen molar-refractivity contribution in [3.05, 3.63) is 30.1 Å². The Morgan fingerprint density at radius 1 is 1.41 bits per heavy atom. The van der Waals surface area contributed by atoms with Gasteiger partial charge in [-0.05, 0) is 26.0 Å². The highest BCUT2D eigenvalue weighted by atomic mass is 16.5. The van der Waals surface area contributed by atoms with Gasteiger partial charge in [-0.3, -0.25) is 0 Å². The molecule has 1 aromatic heterocycles. The monoisotopic (exact) mass is 233 g/mol. The molecular formula is C12H15N3O2. The van der Waals surface area contributed by atoms with Crippen molar-refractivity contribution >= 4 is 0 Å². The van der Waals surface area contributed by atoms with E-state index in [1.807, 2.05) is 38.1 Å². The van der Waals surface area contributed by atoms with Gasteiger partial charge in [0.2, 0.25) is 0 Å². The van der Waals surface area contributed by atoms with Crippen LogP contribution >= 0.6 is 0 Å². The van der Waals surface area contributed by atoms with Crippen LogP contribution in [0.5, 0.6) is 5.75 Å². The molecule has 0 fully saturated rings. The number of nitrogens with zero attached hydrogens (tertiary/aromatic N) is 2. The predicted octanol–water partition coefficient (Wildman–Crippen LogP) is 2.15. The van der Waals surface area contributed by atoms with Crippen molar-refractivity contribution in [2.24, 2.45) is 5.73 Å². The lowest BCUT2D eigenvalue weighted by Crippen LogP contribution is -2.06. The summed E-state index contributed by atoms with van der Waals surface area (Å²) < 4.78 is 10.7. The minimum Gasteiger partial charge on any atom is -0.493 e. The highest BCUT2D eigenvalue weighted by molar-refractivity contribution is 5.62. The van der Waals surface area contributed by atoms with Gasteiger partial charge in [0.05, 0.1) is 18.2 Å². The molecule has 2 aromatic rings. The molecule has 5 heteroatoms. The summed E-state index contributed by atoms with van der Waals surface area (Å²) in [4.78, 5) is 4.24. The van der Waals surface area contributed by atoms with E-state index in [0.29, 0.717) is 18.3 Å². The van der Waals surface area contributed by atoms with E-state index in [1.54, 1.807) is 0 Å². The molecule has 90 valence electrons. The minimum atomic E-state index is -0.244. The lowest BCUT2D eigenvalue weighted by atomic mass is 10.2. The molecule has 0 saturated heterocycles. The Morgan fingerprint density at radius 3 is 2.82 bits per heavy atom. The van der Waals surface area contributed by atoms with Crippen molar-refractivity contribution in [3.63, 3.8) is 0 Å². The largest absolute Gasteiger partial charge is 0.493 e. The van der Waals surface area contributed by atoms with Gasteiger partial charge in [0, 0.05) is 0 Å². The normalized spacial score (nSPS) is 12.4. The quantitative estimate of drug-likeness (QED) is 0.875. The summed E-state index contributed by atoms with van der Waals surface area (Å²) in [6, 6.07) is 7.30. The van der Waals surface area contributed by atoms with E-state index in [0.717, 1.165) is 11.3 Å². The number of aromatic nitrogens is 2. The number of ether oxygens (including phenoxy) is 1. The van der Waals surface area contributed by atoms with Crippen LogP contribution in [0.3, 0.4) is 0 Å². The van der Waals surface area contributed by atoms with Crippen molar-refractivity contribution in [2.75, 3.05) is 6.61 Å². The number of hydrogen-bond acceptors (Lipinski definition) is 5. The average molecular weight is 233 g/mol. The minimum absolute atomic E-state index is 0.244. The molecule has 0 aliphatic heterocycles. The second kappa shape index (κ2) is 4.97. The van der Waals surface area contributed by atoms with E-state index in [-0.39, 0.29) is 6.04 Å². The highest BCUT2D eigenvalue weighted by Crippen LogP contribution is 2.28. The van der Waals surface area contributed by atoms with Gasteiger partial charge >= 0.3 is 0 Å². The summed E-state index contributed by atoms with van der Waals surface area (Å²) in [7, 11) is 0. The van der Waals surface area contributed by atoms with E-state index >= 15 is 0 Å². The zero-order valence-electron chi connectivity index (χ0n) is 9.88. The molecule has 17 heavy (non-hydrogen) atoms. The molecule has 0 radical (unpaired) electrons. The van der Waals surface area contributed by atoms with E-state index in [9.17, 15) is 0 Å². The third kappa shape index (κ3) is 2.45. The van der Waals surface area contributed by atoms with Crippen LogP contribution in [0.1, 0.15) is 25.7 Å². The average Bonchev–Trinajstić information content (AvgIpc) is 2.79. The first-order chi connectivity index (χ1) is 8.22. The van der Waals surface area contributed by atoms with Crippen molar-refractivity contribution in [2.45, 2.75) is 19.9 Å².